The lowest BCUT2D eigenvalue weighted by atomic mass is 9.94. The molecule has 0 aromatic heterocycles. The van der Waals surface area contributed by atoms with Crippen LogP contribution in [0.1, 0.15) is 64.9 Å². The molecule has 0 saturated heterocycles. The highest BCUT2D eigenvalue weighted by atomic mass is 32.2. The minimum absolute atomic E-state index is 0.0371. The first-order valence-electron chi connectivity index (χ1n) is 13.1. The molecule has 1 fully saturated rings. The number of aryl methyl sites for hydroxylation is 1. The zero-order chi connectivity index (χ0) is 27.4. The Balaban J connectivity index is 2.12. The number of rotatable bonds is 13. The van der Waals surface area contributed by atoms with Crippen molar-refractivity contribution in [2.24, 2.45) is 5.92 Å². The number of nitrogens with one attached hydrogen (secondary N) is 2. The van der Waals surface area contributed by atoms with Gasteiger partial charge in [0.1, 0.15) is 24.1 Å². The standard InChI is InChI=1S/C27H41N3O6S/c1-5-36-26(33)16-30(23(15-19(2)3)27(34)29-21-9-7-6-8-10-21)25(32)18-37(35)17-24(31)28-22-13-11-20(4)12-14-22/h11-14,19,21,23H,5-10,15-18H2,1-4H3,(H,28,31)(H,29,34)/t23-,37+/m1/s1. The quantitative estimate of drug-likeness (QED) is 0.375. The molecule has 0 unspecified atom stereocenters. The zero-order valence-corrected chi connectivity index (χ0v) is 23.2. The first-order valence-corrected chi connectivity index (χ1v) is 14.5. The molecule has 2 atom stereocenters. The molecule has 1 aliphatic rings. The highest BCUT2D eigenvalue weighted by Crippen LogP contribution is 2.19. The third-order valence-electron chi connectivity index (χ3n) is 6.16. The molecule has 10 heteroatoms. The number of anilines is 1. The number of nitrogens with zero attached hydrogens (tertiary/aromatic N) is 1. The Labute approximate surface area is 222 Å². The SMILES string of the molecule is CCOC(=O)CN(C(=O)C[S@@](=O)CC(=O)Nc1ccc(C)cc1)[C@H](CC(C)C)C(=O)NC1CCCCC1. The maximum absolute atomic E-state index is 13.3. The Hall–Kier alpha value is -2.75. The van der Waals surface area contributed by atoms with Gasteiger partial charge in [-0.2, -0.15) is 0 Å². The van der Waals surface area contributed by atoms with E-state index in [1.54, 1.807) is 19.1 Å². The van der Waals surface area contributed by atoms with Crippen LogP contribution in [0, 0.1) is 12.8 Å². The van der Waals surface area contributed by atoms with E-state index < -0.39 is 46.9 Å². The van der Waals surface area contributed by atoms with Gasteiger partial charge < -0.3 is 20.3 Å². The summed E-state index contributed by atoms with van der Waals surface area (Å²) in [5.41, 5.74) is 1.61. The lowest BCUT2D eigenvalue weighted by Crippen LogP contribution is -2.55. The molecule has 206 valence electrons. The van der Waals surface area contributed by atoms with Crippen LogP contribution < -0.4 is 10.6 Å². The second-order valence-corrected chi connectivity index (χ2v) is 11.4. The molecule has 2 rings (SSSR count). The van der Waals surface area contributed by atoms with E-state index in [9.17, 15) is 23.4 Å². The fourth-order valence-electron chi connectivity index (χ4n) is 4.34. The molecule has 0 aliphatic heterocycles. The normalized spacial score (nSPS) is 15.5. The van der Waals surface area contributed by atoms with Gasteiger partial charge in [0.05, 0.1) is 6.61 Å². The van der Waals surface area contributed by atoms with Gasteiger partial charge in [-0.3, -0.25) is 23.4 Å². The summed E-state index contributed by atoms with van der Waals surface area (Å²) in [5.74, 6) is -2.87. The van der Waals surface area contributed by atoms with Crippen LogP contribution in [0.3, 0.4) is 0 Å². The number of amides is 3. The van der Waals surface area contributed by atoms with Crippen LogP contribution >= 0.6 is 0 Å². The molecule has 1 aliphatic carbocycles. The summed E-state index contributed by atoms with van der Waals surface area (Å²) < 4.78 is 17.8. The predicted molar refractivity (Wildman–Crippen MR) is 144 cm³/mol. The van der Waals surface area contributed by atoms with Gasteiger partial charge in [0, 0.05) is 22.5 Å². The van der Waals surface area contributed by atoms with Crippen molar-refractivity contribution in [1.29, 1.82) is 0 Å². The molecule has 2 N–H and O–H groups in total. The molecule has 0 heterocycles. The molecule has 3 amide bonds. The summed E-state index contributed by atoms with van der Waals surface area (Å²) in [4.78, 5) is 52.5. The molecule has 0 spiro atoms. The Kier molecular flexibility index (Phi) is 12.8. The summed E-state index contributed by atoms with van der Waals surface area (Å²) >= 11 is 0. The van der Waals surface area contributed by atoms with E-state index in [-0.39, 0.29) is 30.2 Å². The van der Waals surface area contributed by atoms with E-state index in [1.807, 2.05) is 32.9 Å². The fourth-order valence-corrected chi connectivity index (χ4v) is 5.24. The van der Waals surface area contributed by atoms with E-state index >= 15 is 0 Å². The highest BCUT2D eigenvalue weighted by molar-refractivity contribution is 7.86. The van der Waals surface area contributed by atoms with Gasteiger partial charge in [-0.05, 0) is 51.2 Å². The predicted octanol–water partition coefficient (Wildman–Crippen LogP) is 2.94. The third kappa shape index (κ3) is 11.0. The second-order valence-electron chi connectivity index (χ2n) is 9.96. The van der Waals surface area contributed by atoms with Crippen molar-refractivity contribution in [3.05, 3.63) is 29.8 Å². The number of benzene rings is 1. The van der Waals surface area contributed by atoms with Crippen molar-refractivity contribution < 1.29 is 28.1 Å². The summed E-state index contributed by atoms with van der Waals surface area (Å²) in [6.07, 6.45) is 5.31. The summed E-state index contributed by atoms with van der Waals surface area (Å²) in [5, 5.41) is 5.73. The highest BCUT2D eigenvalue weighted by Gasteiger charge is 2.34. The Bertz CT molecular complexity index is 944. The average Bonchev–Trinajstić information content (AvgIpc) is 2.83. The summed E-state index contributed by atoms with van der Waals surface area (Å²) in [7, 11) is -1.83. The smallest absolute Gasteiger partial charge is 0.325 e. The van der Waals surface area contributed by atoms with Crippen LogP contribution in [0.4, 0.5) is 5.69 Å². The average molecular weight is 536 g/mol. The fraction of sp³-hybridized carbons (Fsp3) is 0.630. The third-order valence-corrected chi connectivity index (χ3v) is 7.32. The van der Waals surface area contributed by atoms with Crippen LogP contribution in [0.5, 0.6) is 0 Å². The van der Waals surface area contributed by atoms with Gasteiger partial charge in [-0.15, -0.1) is 0 Å². The van der Waals surface area contributed by atoms with Gasteiger partial charge in [-0.25, -0.2) is 0 Å². The largest absolute Gasteiger partial charge is 0.465 e. The van der Waals surface area contributed by atoms with Gasteiger partial charge in [0.15, 0.2) is 0 Å². The van der Waals surface area contributed by atoms with Crippen molar-refractivity contribution >= 4 is 40.2 Å². The van der Waals surface area contributed by atoms with Crippen molar-refractivity contribution in [3.8, 4) is 0 Å². The second kappa shape index (κ2) is 15.5. The van der Waals surface area contributed by atoms with Crippen LogP contribution in [-0.4, -0.2) is 69.5 Å². The number of hydrogen-bond donors (Lipinski definition) is 2. The molecular formula is C27H41N3O6S. The Morgan fingerprint density at radius 1 is 1.05 bits per heavy atom. The van der Waals surface area contributed by atoms with Gasteiger partial charge >= 0.3 is 5.97 Å². The molecular weight excluding hydrogens is 494 g/mol. The molecule has 0 radical (unpaired) electrons. The topological polar surface area (TPSA) is 122 Å². The van der Waals surface area contributed by atoms with E-state index in [1.165, 1.54) is 4.90 Å². The van der Waals surface area contributed by atoms with Crippen molar-refractivity contribution in [2.45, 2.75) is 78.3 Å². The molecule has 37 heavy (non-hydrogen) atoms. The first kappa shape index (κ1) is 30.5. The lowest BCUT2D eigenvalue weighted by molar-refractivity contribution is -0.151. The molecule has 1 aromatic rings. The van der Waals surface area contributed by atoms with Crippen LogP contribution in [-0.2, 0) is 34.7 Å². The van der Waals surface area contributed by atoms with Crippen LogP contribution in [0.2, 0.25) is 0 Å². The van der Waals surface area contributed by atoms with Gasteiger partial charge in [0.25, 0.3) is 0 Å². The minimum Gasteiger partial charge on any atom is -0.465 e. The van der Waals surface area contributed by atoms with Gasteiger partial charge in [-0.1, -0.05) is 50.8 Å². The Morgan fingerprint density at radius 2 is 1.70 bits per heavy atom. The maximum Gasteiger partial charge on any atom is 0.325 e. The van der Waals surface area contributed by atoms with E-state index in [4.69, 9.17) is 4.74 Å². The monoisotopic (exact) mass is 535 g/mol. The number of hydrogen-bond acceptors (Lipinski definition) is 6. The number of carbonyl (C=O) groups is 4. The summed E-state index contributed by atoms with van der Waals surface area (Å²) in [6.45, 7) is 7.16. The number of ether oxygens (including phenoxy) is 1. The maximum atomic E-state index is 13.3. The van der Waals surface area contributed by atoms with Crippen molar-refractivity contribution in [2.75, 3.05) is 30.0 Å². The molecule has 1 saturated carbocycles. The van der Waals surface area contributed by atoms with E-state index in [0.29, 0.717) is 12.1 Å². The number of esters is 1. The van der Waals surface area contributed by atoms with Crippen molar-refractivity contribution in [3.63, 3.8) is 0 Å². The van der Waals surface area contributed by atoms with Crippen LogP contribution in [0.25, 0.3) is 0 Å². The van der Waals surface area contributed by atoms with Gasteiger partial charge in [0.2, 0.25) is 17.7 Å². The van der Waals surface area contributed by atoms with E-state index in [2.05, 4.69) is 10.6 Å². The van der Waals surface area contributed by atoms with E-state index in [0.717, 1.165) is 37.7 Å². The molecule has 9 nitrogen and oxygen atoms in total. The molecule has 1 aromatic carbocycles. The van der Waals surface area contributed by atoms with Crippen molar-refractivity contribution in [1.82, 2.24) is 10.2 Å². The summed E-state index contributed by atoms with van der Waals surface area (Å²) in [6, 6.07) is 6.30. The first-order chi connectivity index (χ1) is 17.6. The number of carbonyl (C=O) groups excluding carboxylic acids is 4. The van der Waals surface area contributed by atoms with Crippen LogP contribution in [0.15, 0.2) is 24.3 Å². The lowest BCUT2D eigenvalue weighted by Gasteiger charge is -2.33. The Morgan fingerprint density at radius 3 is 2.30 bits per heavy atom. The zero-order valence-electron chi connectivity index (χ0n) is 22.4. The molecule has 0 bridgehead atoms. The minimum atomic E-state index is -1.83.